The standard InChI is InChI=1S/C52H33GeN3S/c1-4-18-34(19-5-1)50-49-39-26-10-14-28-43(39)53(35-20-6-2-7-21-35,36-22-8-3-9-23-36)51(49)55-52(54-50)40-27-12-16-30-45(40)56-44-29-15-11-24-37(44)41-32-42-38-25-13-17-31-47(38)57-48(42)33-46(41)56/h1-33H. The van der Waals surface area contributed by atoms with Crippen LogP contribution in [-0.4, -0.2) is 27.8 Å². The molecule has 3 nitrogen and oxygen atoms in total. The molecule has 12 rings (SSSR count). The van der Waals surface area contributed by atoms with Gasteiger partial charge in [-0.05, 0) is 0 Å². The van der Waals surface area contributed by atoms with E-state index in [1.165, 1.54) is 65.3 Å². The van der Waals surface area contributed by atoms with Gasteiger partial charge in [0, 0.05) is 0 Å². The molecule has 0 N–H and O–H groups in total. The van der Waals surface area contributed by atoms with Crippen LogP contribution in [0.4, 0.5) is 0 Å². The number of hydrogen-bond donors (Lipinski definition) is 0. The molecular weight excluding hydrogens is 771 g/mol. The summed E-state index contributed by atoms with van der Waals surface area (Å²) in [6.07, 6.45) is 0. The van der Waals surface area contributed by atoms with E-state index in [0.29, 0.717) is 0 Å². The van der Waals surface area contributed by atoms with Gasteiger partial charge in [-0.25, -0.2) is 0 Å². The predicted molar refractivity (Wildman–Crippen MR) is 243 cm³/mol. The first-order valence-corrected chi connectivity index (χ1v) is 24.4. The molecule has 5 heteroatoms. The second-order valence-electron chi connectivity index (χ2n) is 14.8. The van der Waals surface area contributed by atoms with Crippen LogP contribution in [-0.2, 0) is 0 Å². The molecule has 0 bridgehead atoms. The van der Waals surface area contributed by atoms with E-state index in [1.807, 2.05) is 11.3 Å². The summed E-state index contributed by atoms with van der Waals surface area (Å²) in [5, 5.41) is 5.09. The summed E-state index contributed by atoms with van der Waals surface area (Å²) in [5.74, 6) is 0.742. The summed E-state index contributed by atoms with van der Waals surface area (Å²) in [6, 6.07) is 73.2. The molecule has 3 aromatic heterocycles. The van der Waals surface area contributed by atoms with Gasteiger partial charge >= 0.3 is 326 Å². The zero-order valence-electron chi connectivity index (χ0n) is 30.8. The van der Waals surface area contributed by atoms with Gasteiger partial charge < -0.3 is 0 Å². The van der Waals surface area contributed by atoms with Gasteiger partial charge in [0.1, 0.15) is 0 Å². The third-order valence-electron chi connectivity index (χ3n) is 11.9. The van der Waals surface area contributed by atoms with Crippen LogP contribution in [0.15, 0.2) is 200 Å². The fourth-order valence-electron chi connectivity index (χ4n) is 9.50. The van der Waals surface area contributed by atoms with Crippen molar-refractivity contribution < 1.29 is 0 Å². The van der Waals surface area contributed by atoms with Crippen LogP contribution in [0.5, 0.6) is 0 Å². The van der Waals surface area contributed by atoms with Gasteiger partial charge in [0.25, 0.3) is 0 Å². The average Bonchev–Trinajstić information content (AvgIpc) is 3.92. The van der Waals surface area contributed by atoms with Crippen molar-refractivity contribution in [3.63, 3.8) is 0 Å². The molecule has 0 saturated heterocycles. The summed E-state index contributed by atoms with van der Waals surface area (Å²) in [5.41, 5.74) is 8.89. The Morgan fingerprint density at radius 2 is 1.05 bits per heavy atom. The maximum atomic E-state index is 5.90. The van der Waals surface area contributed by atoms with E-state index in [-0.39, 0.29) is 0 Å². The van der Waals surface area contributed by atoms with Crippen molar-refractivity contribution in [2.45, 2.75) is 0 Å². The SMILES string of the molecule is c1ccc(-c2nc(-c3ccccc3-n3c4ccccc4c4cc5c(cc43)sc3ccccc35)n[c]3c2-c2cccc[c]2[Ge]3([c]2ccccc2)[c]2ccccc2)cc1. The third kappa shape index (κ3) is 4.72. The molecule has 0 radical (unpaired) electrons. The van der Waals surface area contributed by atoms with Crippen molar-refractivity contribution in [1.82, 2.24) is 14.5 Å². The Morgan fingerprint density at radius 1 is 0.439 bits per heavy atom. The van der Waals surface area contributed by atoms with Crippen LogP contribution in [0.1, 0.15) is 0 Å². The van der Waals surface area contributed by atoms with Crippen molar-refractivity contribution in [2.24, 2.45) is 0 Å². The molecule has 0 spiro atoms. The number of benzene rings is 8. The first-order valence-electron chi connectivity index (χ1n) is 19.4. The molecule has 1 aliphatic heterocycles. The second kappa shape index (κ2) is 12.7. The van der Waals surface area contributed by atoms with Gasteiger partial charge in [0.15, 0.2) is 0 Å². The predicted octanol–water partition coefficient (Wildman–Crippen LogP) is 10.6. The molecule has 1 aliphatic rings. The summed E-state index contributed by atoms with van der Waals surface area (Å²) < 4.78 is 10.3. The molecule has 8 aromatic carbocycles. The second-order valence-corrected chi connectivity index (χ2v) is 23.6. The first-order chi connectivity index (χ1) is 28.3. The molecule has 11 aromatic rings. The molecule has 0 saturated carbocycles. The summed E-state index contributed by atoms with van der Waals surface area (Å²) >= 11 is -1.86. The number of para-hydroxylation sites is 2. The van der Waals surface area contributed by atoms with Crippen molar-refractivity contribution in [3.8, 4) is 39.5 Å². The van der Waals surface area contributed by atoms with E-state index in [9.17, 15) is 0 Å². The monoisotopic (exact) mass is 805 g/mol. The van der Waals surface area contributed by atoms with Gasteiger partial charge in [0.2, 0.25) is 0 Å². The molecular formula is C52H33GeN3S. The van der Waals surface area contributed by atoms with Crippen molar-refractivity contribution in [2.75, 3.05) is 0 Å². The van der Waals surface area contributed by atoms with E-state index in [1.54, 1.807) is 0 Å². The molecule has 0 amide bonds. The summed E-state index contributed by atoms with van der Waals surface area (Å²) in [7, 11) is 0. The van der Waals surface area contributed by atoms with Gasteiger partial charge in [-0.1, -0.05) is 12.1 Å². The van der Waals surface area contributed by atoms with E-state index in [4.69, 9.17) is 9.97 Å². The van der Waals surface area contributed by atoms with Crippen LogP contribution in [0.3, 0.4) is 0 Å². The molecule has 266 valence electrons. The van der Waals surface area contributed by atoms with Gasteiger partial charge in [-0.3, -0.25) is 0 Å². The Labute approximate surface area is 336 Å². The minimum absolute atomic E-state index is 0.742. The Kier molecular flexibility index (Phi) is 7.28. The Hall–Kier alpha value is -6.60. The fourth-order valence-corrected chi connectivity index (χ4v) is 21.1. The molecule has 0 atom stereocenters. The minimum atomic E-state index is -3.72. The molecule has 4 heterocycles. The van der Waals surface area contributed by atoms with Gasteiger partial charge in [-0.15, -0.1) is 0 Å². The summed E-state index contributed by atoms with van der Waals surface area (Å²) in [6.45, 7) is 0. The average molecular weight is 805 g/mol. The summed E-state index contributed by atoms with van der Waals surface area (Å²) in [4.78, 5) is 11.6. The van der Waals surface area contributed by atoms with E-state index < -0.39 is 13.3 Å². The van der Waals surface area contributed by atoms with Crippen LogP contribution in [0.25, 0.3) is 81.4 Å². The first kappa shape index (κ1) is 32.6. The number of rotatable bonds is 5. The van der Waals surface area contributed by atoms with E-state index in [2.05, 4.69) is 205 Å². The quantitative estimate of drug-likeness (QED) is 0.162. The molecule has 0 unspecified atom stereocenters. The van der Waals surface area contributed by atoms with Crippen LogP contribution in [0, 0.1) is 0 Å². The fraction of sp³-hybridized carbons (Fsp3) is 0. The van der Waals surface area contributed by atoms with Crippen LogP contribution >= 0.6 is 11.3 Å². The van der Waals surface area contributed by atoms with Crippen molar-refractivity contribution in [3.05, 3.63) is 200 Å². The Bertz CT molecular complexity index is 3310. The van der Waals surface area contributed by atoms with Gasteiger partial charge in [-0.2, -0.15) is 0 Å². The van der Waals surface area contributed by atoms with Crippen molar-refractivity contribution >= 4 is 84.3 Å². The van der Waals surface area contributed by atoms with Crippen LogP contribution in [0.2, 0.25) is 0 Å². The third-order valence-corrected chi connectivity index (χ3v) is 22.9. The van der Waals surface area contributed by atoms with Crippen LogP contribution < -0.4 is 17.7 Å². The Balaban J connectivity index is 1.20. The topological polar surface area (TPSA) is 30.7 Å². The number of fused-ring (bicyclic) bond motifs is 9. The Morgan fingerprint density at radius 3 is 1.82 bits per heavy atom. The van der Waals surface area contributed by atoms with E-state index >= 15 is 0 Å². The van der Waals surface area contributed by atoms with Gasteiger partial charge in [0.05, 0.1) is 0 Å². The molecule has 57 heavy (non-hydrogen) atoms. The zero-order valence-corrected chi connectivity index (χ0v) is 33.7. The maximum absolute atomic E-state index is 5.90. The number of thiophene rings is 1. The molecule has 0 fully saturated rings. The van der Waals surface area contributed by atoms with Crippen molar-refractivity contribution in [1.29, 1.82) is 0 Å². The normalized spacial score (nSPS) is 13.1. The zero-order chi connectivity index (χ0) is 37.5. The van der Waals surface area contributed by atoms with E-state index in [0.717, 1.165) is 33.9 Å². The number of hydrogen-bond acceptors (Lipinski definition) is 3. The number of aromatic nitrogens is 3. The molecule has 0 aliphatic carbocycles. The number of nitrogens with zero attached hydrogens (tertiary/aromatic N) is 3.